The van der Waals surface area contributed by atoms with Crippen LogP contribution in [0.1, 0.15) is 36.4 Å². The van der Waals surface area contributed by atoms with Gasteiger partial charge in [-0.05, 0) is 36.8 Å². The number of carbonyl (C=O) groups is 2. The first-order valence-electron chi connectivity index (χ1n) is 7.43. The third kappa shape index (κ3) is 5.26. The second kappa shape index (κ2) is 9.12. The van der Waals surface area contributed by atoms with Gasteiger partial charge in [0.15, 0.2) is 0 Å². The Hall–Kier alpha value is -1.11. The molecular weight excluding hydrogens is 322 g/mol. The summed E-state index contributed by atoms with van der Waals surface area (Å²) in [5.41, 5.74) is 0. The van der Waals surface area contributed by atoms with Crippen molar-refractivity contribution in [1.82, 2.24) is 16.0 Å². The molecule has 1 unspecified atom stereocenters. The molecule has 1 aromatic rings. The topological polar surface area (TPSA) is 70.2 Å². The summed E-state index contributed by atoms with van der Waals surface area (Å²) < 4.78 is 0. The van der Waals surface area contributed by atoms with Crippen LogP contribution in [0, 0.1) is 5.92 Å². The molecule has 1 fully saturated rings. The van der Waals surface area contributed by atoms with Gasteiger partial charge in [0.1, 0.15) is 6.04 Å². The number of halogens is 1. The Kier molecular flexibility index (Phi) is 7.85. The summed E-state index contributed by atoms with van der Waals surface area (Å²) in [5, 5.41) is 11.0. The van der Waals surface area contributed by atoms with Crippen LogP contribution in [0.15, 0.2) is 17.5 Å². The Morgan fingerprint density at radius 3 is 2.73 bits per heavy atom. The van der Waals surface area contributed by atoms with Crippen molar-refractivity contribution in [2.24, 2.45) is 5.92 Å². The van der Waals surface area contributed by atoms with Crippen molar-refractivity contribution in [2.45, 2.75) is 38.8 Å². The molecule has 22 heavy (non-hydrogen) atoms. The van der Waals surface area contributed by atoms with Crippen LogP contribution in [-0.2, 0) is 4.79 Å². The van der Waals surface area contributed by atoms with Gasteiger partial charge in [0.2, 0.25) is 5.91 Å². The first kappa shape index (κ1) is 18.9. The molecule has 5 nitrogen and oxygen atoms in total. The normalized spacial score (nSPS) is 19.1. The van der Waals surface area contributed by atoms with Crippen molar-refractivity contribution in [3.63, 3.8) is 0 Å². The highest BCUT2D eigenvalue weighted by atomic mass is 35.5. The van der Waals surface area contributed by atoms with Gasteiger partial charge >= 0.3 is 0 Å². The number of rotatable bonds is 5. The lowest BCUT2D eigenvalue weighted by Gasteiger charge is -2.28. The highest BCUT2D eigenvalue weighted by molar-refractivity contribution is 7.12. The average molecular weight is 346 g/mol. The fraction of sp³-hybridized carbons (Fsp3) is 0.600. The largest absolute Gasteiger partial charge is 0.350 e. The van der Waals surface area contributed by atoms with Gasteiger partial charge in [0.05, 0.1) is 4.88 Å². The maximum atomic E-state index is 12.4. The van der Waals surface area contributed by atoms with E-state index in [0.717, 1.165) is 25.9 Å². The van der Waals surface area contributed by atoms with E-state index in [1.807, 2.05) is 25.3 Å². The van der Waals surface area contributed by atoms with Crippen LogP contribution in [0.3, 0.4) is 0 Å². The zero-order valence-corrected chi connectivity index (χ0v) is 14.6. The molecule has 1 aromatic heterocycles. The zero-order chi connectivity index (χ0) is 15.2. The van der Waals surface area contributed by atoms with E-state index < -0.39 is 6.04 Å². The second-order valence-corrected chi connectivity index (χ2v) is 6.67. The number of piperidine rings is 1. The summed E-state index contributed by atoms with van der Waals surface area (Å²) in [6.45, 7) is 5.70. The summed E-state index contributed by atoms with van der Waals surface area (Å²) in [6.07, 6.45) is 2.06. The SMILES string of the molecule is CC(C)C(NC(=O)c1cccs1)C(=O)N[C@H]1CCCNC1.Cl. The van der Waals surface area contributed by atoms with Crippen LogP contribution >= 0.6 is 23.7 Å². The number of hydrogen-bond donors (Lipinski definition) is 3. The van der Waals surface area contributed by atoms with Crippen molar-refractivity contribution >= 4 is 35.6 Å². The smallest absolute Gasteiger partial charge is 0.262 e. The molecule has 0 aliphatic carbocycles. The van der Waals surface area contributed by atoms with Gasteiger partial charge < -0.3 is 16.0 Å². The average Bonchev–Trinajstić information content (AvgIpc) is 2.99. The molecule has 2 heterocycles. The Morgan fingerprint density at radius 2 is 2.18 bits per heavy atom. The molecule has 0 saturated carbocycles. The van der Waals surface area contributed by atoms with Crippen molar-refractivity contribution in [1.29, 1.82) is 0 Å². The third-order valence-electron chi connectivity index (χ3n) is 3.62. The lowest BCUT2D eigenvalue weighted by Crippen LogP contribution is -2.54. The van der Waals surface area contributed by atoms with Gasteiger partial charge in [0, 0.05) is 12.6 Å². The maximum absolute atomic E-state index is 12.4. The van der Waals surface area contributed by atoms with E-state index in [-0.39, 0.29) is 36.2 Å². The van der Waals surface area contributed by atoms with Crippen LogP contribution in [0.4, 0.5) is 0 Å². The predicted molar refractivity (Wildman–Crippen MR) is 91.7 cm³/mol. The molecule has 1 saturated heterocycles. The second-order valence-electron chi connectivity index (χ2n) is 5.72. The highest BCUT2D eigenvalue weighted by Gasteiger charge is 2.27. The van der Waals surface area contributed by atoms with E-state index in [1.165, 1.54) is 11.3 Å². The molecule has 1 aliphatic heterocycles. The van der Waals surface area contributed by atoms with E-state index in [9.17, 15) is 9.59 Å². The molecule has 124 valence electrons. The van der Waals surface area contributed by atoms with Crippen molar-refractivity contribution in [3.05, 3.63) is 22.4 Å². The number of nitrogens with one attached hydrogen (secondary N) is 3. The first-order chi connectivity index (χ1) is 10.1. The van der Waals surface area contributed by atoms with Crippen LogP contribution in [-0.4, -0.2) is 37.0 Å². The fourth-order valence-electron chi connectivity index (χ4n) is 2.42. The molecule has 0 radical (unpaired) electrons. The molecular formula is C15H24ClN3O2S. The van der Waals surface area contributed by atoms with Gasteiger partial charge in [-0.3, -0.25) is 9.59 Å². The lowest BCUT2D eigenvalue weighted by atomic mass is 10.0. The van der Waals surface area contributed by atoms with E-state index in [0.29, 0.717) is 4.88 Å². The summed E-state index contributed by atoms with van der Waals surface area (Å²) in [6, 6.07) is 3.26. The first-order valence-corrected chi connectivity index (χ1v) is 8.31. The Morgan fingerprint density at radius 1 is 1.41 bits per heavy atom. The van der Waals surface area contributed by atoms with Gasteiger partial charge in [0.25, 0.3) is 5.91 Å². The molecule has 3 N–H and O–H groups in total. The van der Waals surface area contributed by atoms with Crippen molar-refractivity contribution < 1.29 is 9.59 Å². The predicted octanol–water partition coefficient (Wildman–Crippen LogP) is 1.79. The maximum Gasteiger partial charge on any atom is 0.262 e. The molecule has 0 spiro atoms. The van der Waals surface area contributed by atoms with Crippen molar-refractivity contribution in [3.8, 4) is 0 Å². The monoisotopic (exact) mass is 345 g/mol. The minimum Gasteiger partial charge on any atom is -0.350 e. The minimum atomic E-state index is -0.499. The van der Waals surface area contributed by atoms with E-state index in [1.54, 1.807) is 6.07 Å². The van der Waals surface area contributed by atoms with Crippen LogP contribution < -0.4 is 16.0 Å². The number of hydrogen-bond acceptors (Lipinski definition) is 4. The molecule has 0 bridgehead atoms. The Labute approximate surface area is 141 Å². The summed E-state index contributed by atoms with van der Waals surface area (Å²) >= 11 is 1.38. The minimum absolute atomic E-state index is 0. The Balaban J connectivity index is 0.00000242. The quantitative estimate of drug-likeness (QED) is 0.762. The number of thiophene rings is 1. The molecule has 0 aromatic carbocycles. The van der Waals surface area contributed by atoms with E-state index in [4.69, 9.17) is 0 Å². The van der Waals surface area contributed by atoms with Gasteiger partial charge in [-0.15, -0.1) is 23.7 Å². The molecule has 7 heteroatoms. The van der Waals surface area contributed by atoms with Gasteiger partial charge in [-0.25, -0.2) is 0 Å². The zero-order valence-electron chi connectivity index (χ0n) is 12.9. The van der Waals surface area contributed by atoms with Crippen LogP contribution in [0.25, 0.3) is 0 Å². The molecule has 1 aliphatic rings. The third-order valence-corrected chi connectivity index (χ3v) is 4.49. The molecule has 2 atom stereocenters. The summed E-state index contributed by atoms with van der Waals surface area (Å²) in [5.74, 6) is -0.227. The summed E-state index contributed by atoms with van der Waals surface area (Å²) in [4.78, 5) is 25.2. The highest BCUT2D eigenvalue weighted by Crippen LogP contribution is 2.11. The lowest BCUT2D eigenvalue weighted by molar-refractivity contribution is -0.124. The van der Waals surface area contributed by atoms with Crippen LogP contribution in [0.2, 0.25) is 0 Å². The van der Waals surface area contributed by atoms with Gasteiger partial charge in [-0.2, -0.15) is 0 Å². The standard InChI is InChI=1S/C15H23N3O2S.ClH/c1-10(2)13(18-14(19)12-6-4-8-21-12)15(20)17-11-5-3-7-16-9-11;/h4,6,8,10-11,13,16H,3,5,7,9H2,1-2H3,(H,17,20)(H,18,19);1H/t11-,13?;/m0./s1. The van der Waals surface area contributed by atoms with Crippen LogP contribution in [0.5, 0.6) is 0 Å². The Bertz CT molecular complexity index is 473. The fourth-order valence-corrected chi connectivity index (χ4v) is 3.05. The van der Waals surface area contributed by atoms with Crippen molar-refractivity contribution in [2.75, 3.05) is 13.1 Å². The van der Waals surface area contributed by atoms with Gasteiger partial charge in [-0.1, -0.05) is 19.9 Å². The molecule has 2 rings (SSSR count). The molecule has 2 amide bonds. The van der Waals surface area contributed by atoms with E-state index >= 15 is 0 Å². The summed E-state index contributed by atoms with van der Waals surface area (Å²) in [7, 11) is 0. The van der Waals surface area contributed by atoms with E-state index in [2.05, 4.69) is 16.0 Å². The number of carbonyl (C=O) groups excluding carboxylic acids is 2. The number of amides is 2.